The lowest BCUT2D eigenvalue weighted by molar-refractivity contribution is -0.890. The van der Waals surface area contributed by atoms with Crippen molar-refractivity contribution in [3.63, 3.8) is 0 Å². The van der Waals surface area contributed by atoms with Gasteiger partial charge in [-0.05, 0) is 75.0 Å². The van der Waals surface area contributed by atoms with E-state index in [0.29, 0.717) is 11.8 Å². The molecule has 0 aromatic heterocycles. The second-order valence-corrected chi connectivity index (χ2v) is 8.78. The van der Waals surface area contributed by atoms with Gasteiger partial charge in [0.1, 0.15) is 0 Å². The Labute approximate surface area is 125 Å². The van der Waals surface area contributed by atoms with Crippen LogP contribution in [0.1, 0.15) is 58.3 Å². The van der Waals surface area contributed by atoms with Crippen LogP contribution in [0.3, 0.4) is 0 Å². The molecule has 0 amide bonds. The van der Waals surface area contributed by atoms with Crippen molar-refractivity contribution in [2.24, 2.45) is 23.7 Å². The molecule has 4 aliphatic rings. The van der Waals surface area contributed by atoms with E-state index in [0.717, 1.165) is 22.7 Å². The van der Waals surface area contributed by atoms with Crippen LogP contribution in [0.4, 0.5) is 0 Å². The van der Waals surface area contributed by atoms with Gasteiger partial charge in [-0.25, -0.2) is 0 Å². The van der Waals surface area contributed by atoms with Crippen LogP contribution in [-0.2, 0) is 0 Å². The fourth-order valence-corrected chi connectivity index (χ4v) is 5.92. The Morgan fingerprint density at radius 3 is 2.00 bits per heavy atom. The van der Waals surface area contributed by atoms with Gasteiger partial charge in [-0.3, -0.25) is 0 Å². The van der Waals surface area contributed by atoms with Crippen LogP contribution in [-0.4, -0.2) is 42.4 Å². The highest BCUT2D eigenvalue weighted by Gasteiger charge is 2.55. The predicted molar refractivity (Wildman–Crippen MR) is 83.4 cm³/mol. The van der Waals surface area contributed by atoms with E-state index in [1.54, 1.807) is 0 Å². The van der Waals surface area contributed by atoms with Crippen molar-refractivity contribution < 1.29 is 9.59 Å². The molecule has 0 atom stereocenters. The molecule has 2 heteroatoms. The first-order chi connectivity index (χ1) is 9.43. The molecular formula is C18H34NO+. The maximum absolute atomic E-state index is 11.3. The maximum atomic E-state index is 11.3. The Balaban J connectivity index is 1.57. The third kappa shape index (κ3) is 2.66. The van der Waals surface area contributed by atoms with E-state index < -0.39 is 0 Å². The first kappa shape index (κ1) is 14.8. The van der Waals surface area contributed by atoms with Crippen LogP contribution >= 0.6 is 0 Å². The smallest absolute Gasteiger partial charge is 0.0783 e. The number of aliphatic hydroxyl groups is 1. The Morgan fingerprint density at radius 2 is 1.50 bits per heavy atom. The monoisotopic (exact) mass is 280 g/mol. The molecule has 0 aromatic rings. The van der Waals surface area contributed by atoms with Crippen LogP contribution in [0, 0.1) is 23.7 Å². The summed E-state index contributed by atoms with van der Waals surface area (Å²) in [7, 11) is 4.68. The molecule has 0 saturated heterocycles. The van der Waals surface area contributed by atoms with E-state index in [1.807, 2.05) is 0 Å². The molecule has 1 N–H and O–H groups in total. The van der Waals surface area contributed by atoms with Crippen molar-refractivity contribution in [1.29, 1.82) is 0 Å². The molecular weight excluding hydrogens is 246 g/mol. The molecule has 2 nitrogen and oxygen atoms in total. The molecule has 0 spiro atoms. The SMILES string of the molecule is CCC[N+](C)(C)CCCC1(O)C2CC3CC(C2)CC1C3. The van der Waals surface area contributed by atoms with Crippen LogP contribution < -0.4 is 0 Å². The largest absolute Gasteiger partial charge is 0.389 e. The summed E-state index contributed by atoms with van der Waals surface area (Å²) in [4.78, 5) is 0. The number of hydrogen-bond donors (Lipinski definition) is 1. The summed E-state index contributed by atoms with van der Waals surface area (Å²) in [6.45, 7) is 4.75. The average molecular weight is 280 g/mol. The molecule has 4 aliphatic carbocycles. The van der Waals surface area contributed by atoms with E-state index in [2.05, 4.69) is 21.0 Å². The van der Waals surface area contributed by atoms with E-state index >= 15 is 0 Å². The number of hydrogen-bond acceptors (Lipinski definition) is 1. The van der Waals surface area contributed by atoms with Gasteiger partial charge in [-0.2, -0.15) is 0 Å². The zero-order valence-corrected chi connectivity index (χ0v) is 13.8. The summed E-state index contributed by atoms with van der Waals surface area (Å²) in [6, 6.07) is 0. The van der Waals surface area contributed by atoms with Crippen LogP contribution in [0.25, 0.3) is 0 Å². The fourth-order valence-electron chi connectivity index (χ4n) is 5.92. The van der Waals surface area contributed by atoms with Gasteiger partial charge in [0.2, 0.25) is 0 Å². The number of quaternary nitrogens is 1. The zero-order chi connectivity index (χ0) is 14.4. The summed E-state index contributed by atoms with van der Waals surface area (Å²) in [5.41, 5.74) is -0.292. The van der Waals surface area contributed by atoms with Crippen molar-refractivity contribution in [3.8, 4) is 0 Å². The van der Waals surface area contributed by atoms with Crippen molar-refractivity contribution in [2.75, 3.05) is 27.2 Å². The van der Waals surface area contributed by atoms with Gasteiger partial charge in [0.15, 0.2) is 0 Å². The molecule has 0 aromatic carbocycles. The van der Waals surface area contributed by atoms with E-state index in [9.17, 15) is 5.11 Å². The van der Waals surface area contributed by atoms with Crippen molar-refractivity contribution >= 4 is 0 Å². The molecule has 4 saturated carbocycles. The number of rotatable bonds is 6. The van der Waals surface area contributed by atoms with Crippen LogP contribution in [0.2, 0.25) is 0 Å². The normalized spacial score (nSPS) is 43.2. The predicted octanol–water partition coefficient (Wildman–Crippen LogP) is 3.44. The minimum atomic E-state index is -0.292. The van der Waals surface area contributed by atoms with Crippen LogP contribution in [0.15, 0.2) is 0 Å². The van der Waals surface area contributed by atoms with Crippen molar-refractivity contribution in [3.05, 3.63) is 0 Å². The molecule has 116 valence electrons. The van der Waals surface area contributed by atoms with Gasteiger partial charge < -0.3 is 9.59 Å². The minimum absolute atomic E-state index is 0.292. The molecule has 0 radical (unpaired) electrons. The van der Waals surface area contributed by atoms with E-state index in [4.69, 9.17) is 0 Å². The summed E-state index contributed by atoms with van der Waals surface area (Å²) in [6.07, 6.45) is 10.3. The highest BCUT2D eigenvalue weighted by atomic mass is 16.3. The molecule has 0 unspecified atom stereocenters. The molecule has 20 heavy (non-hydrogen) atoms. The standard InChI is InChI=1S/C18H34NO/c1-4-7-19(2,3)8-5-6-18(20)16-10-14-9-15(12-16)13-17(18)11-14/h14-17,20H,4-13H2,1-3H3/q+1. The van der Waals surface area contributed by atoms with Gasteiger partial charge in [0.05, 0.1) is 32.8 Å². The molecule has 4 bridgehead atoms. The van der Waals surface area contributed by atoms with E-state index in [-0.39, 0.29) is 5.60 Å². The summed E-state index contributed by atoms with van der Waals surface area (Å²) < 4.78 is 1.12. The first-order valence-corrected chi connectivity index (χ1v) is 8.97. The van der Waals surface area contributed by atoms with Gasteiger partial charge in [0, 0.05) is 0 Å². The van der Waals surface area contributed by atoms with Gasteiger partial charge in [0.25, 0.3) is 0 Å². The zero-order valence-electron chi connectivity index (χ0n) is 13.8. The minimum Gasteiger partial charge on any atom is -0.389 e. The quantitative estimate of drug-likeness (QED) is 0.739. The highest BCUT2D eigenvalue weighted by molar-refractivity contribution is 5.06. The Hall–Kier alpha value is -0.0800. The van der Waals surface area contributed by atoms with E-state index in [1.165, 1.54) is 58.0 Å². The summed E-state index contributed by atoms with van der Waals surface area (Å²) >= 11 is 0. The van der Waals surface area contributed by atoms with Gasteiger partial charge >= 0.3 is 0 Å². The Morgan fingerprint density at radius 1 is 0.950 bits per heavy atom. The summed E-state index contributed by atoms with van der Waals surface area (Å²) in [5, 5.41) is 11.3. The lowest BCUT2D eigenvalue weighted by Gasteiger charge is -2.59. The lowest BCUT2D eigenvalue weighted by Crippen LogP contribution is -2.57. The first-order valence-electron chi connectivity index (χ1n) is 8.97. The molecule has 4 rings (SSSR count). The summed E-state index contributed by atoms with van der Waals surface area (Å²) in [5.74, 6) is 3.20. The third-order valence-electron chi connectivity index (χ3n) is 6.72. The van der Waals surface area contributed by atoms with Crippen LogP contribution in [0.5, 0.6) is 0 Å². The van der Waals surface area contributed by atoms with Crippen molar-refractivity contribution in [1.82, 2.24) is 0 Å². The molecule has 4 fully saturated rings. The average Bonchev–Trinajstić information content (AvgIpc) is 2.35. The third-order valence-corrected chi connectivity index (χ3v) is 6.72. The molecule has 0 aliphatic heterocycles. The lowest BCUT2D eigenvalue weighted by atomic mass is 9.49. The number of nitrogens with zero attached hydrogens (tertiary/aromatic N) is 1. The topological polar surface area (TPSA) is 20.2 Å². The van der Waals surface area contributed by atoms with Gasteiger partial charge in [-0.15, -0.1) is 0 Å². The van der Waals surface area contributed by atoms with Gasteiger partial charge in [-0.1, -0.05) is 6.92 Å². The second-order valence-electron chi connectivity index (χ2n) is 8.78. The molecule has 0 heterocycles. The second kappa shape index (κ2) is 5.28. The highest BCUT2D eigenvalue weighted by Crippen LogP contribution is 2.59. The Kier molecular flexibility index (Phi) is 3.92. The Bertz CT molecular complexity index is 321. The fraction of sp³-hybridized carbons (Fsp3) is 1.00. The maximum Gasteiger partial charge on any atom is 0.0783 e. The van der Waals surface area contributed by atoms with Crippen molar-refractivity contribution in [2.45, 2.75) is 63.9 Å².